The third-order valence-electron chi connectivity index (χ3n) is 4.93. The second-order valence-corrected chi connectivity index (χ2v) is 7.04. The van der Waals surface area contributed by atoms with Gasteiger partial charge in [-0.25, -0.2) is 4.79 Å². The molecule has 0 amide bonds. The van der Waals surface area contributed by atoms with E-state index in [1.54, 1.807) is 37.5 Å². The average molecular weight is 443 g/mol. The van der Waals surface area contributed by atoms with E-state index in [-0.39, 0.29) is 12.4 Å². The van der Waals surface area contributed by atoms with Crippen LogP contribution in [0.4, 0.5) is 0 Å². The fourth-order valence-corrected chi connectivity index (χ4v) is 3.18. The number of nitriles is 1. The molecule has 0 aliphatic rings. The summed E-state index contributed by atoms with van der Waals surface area (Å²) in [6, 6.07) is 22.1. The minimum absolute atomic E-state index is 0.233. The summed E-state index contributed by atoms with van der Waals surface area (Å²) in [5, 5.41) is 9.65. The third-order valence-corrected chi connectivity index (χ3v) is 4.93. The van der Waals surface area contributed by atoms with Crippen LogP contribution in [0.15, 0.2) is 66.7 Å². The highest BCUT2D eigenvalue weighted by Gasteiger charge is 2.13. The van der Waals surface area contributed by atoms with Crippen LogP contribution in [0.5, 0.6) is 23.0 Å². The number of methoxy groups -OCH3 is 2. The number of aryl methyl sites for hydroxylation is 1. The third kappa shape index (κ3) is 6.14. The van der Waals surface area contributed by atoms with E-state index in [4.69, 9.17) is 18.9 Å². The van der Waals surface area contributed by atoms with Gasteiger partial charge in [-0.05, 0) is 60.0 Å². The first-order valence-corrected chi connectivity index (χ1v) is 10.4. The second-order valence-electron chi connectivity index (χ2n) is 7.04. The SMILES string of the molecule is CCc1ccc(OCC(=O)Oc2ccc(/C=C(/C#N)c3ccccc3OC)cc2OC)cc1. The molecule has 3 aromatic carbocycles. The number of para-hydroxylation sites is 1. The van der Waals surface area contributed by atoms with Crippen molar-refractivity contribution >= 4 is 17.6 Å². The van der Waals surface area contributed by atoms with E-state index in [9.17, 15) is 10.1 Å². The maximum absolute atomic E-state index is 12.3. The molecule has 0 spiro atoms. The van der Waals surface area contributed by atoms with Crippen LogP contribution >= 0.6 is 0 Å². The maximum atomic E-state index is 12.3. The van der Waals surface area contributed by atoms with Crippen LogP contribution in [0.2, 0.25) is 0 Å². The van der Waals surface area contributed by atoms with Crippen LogP contribution in [-0.4, -0.2) is 26.8 Å². The van der Waals surface area contributed by atoms with Crippen molar-refractivity contribution in [2.75, 3.05) is 20.8 Å². The number of allylic oxidation sites excluding steroid dienone is 1. The fourth-order valence-electron chi connectivity index (χ4n) is 3.18. The molecule has 0 N–H and O–H groups in total. The number of esters is 1. The van der Waals surface area contributed by atoms with Crippen molar-refractivity contribution in [1.29, 1.82) is 5.26 Å². The number of hydrogen-bond acceptors (Lipinski definition) is 6. The Kier molecular flexibility index (Phi) is 8.09. The lowest BCUT2D eigenvalue weighted by molar-refractivity contribution is -0.136. The largest absolute Gasteiger partial charge is 0.496 e. The predicted octanol–water partition coefficient (Wildman–Crippen LogP) is 5.31. The lowest BCUT2D eigenvalue weighted by Gasteiger charge is -2.11. The molecule has 33 heavy (non-hydrogen) atoms. The Balaban J connectivity index is 1.72. The quantitative estimate of drug-likeness (QED) is 0.193. The van der Waals surface area contributed by atoms with Crippen LogP contribution in [0, 0.1) is 11.3 Å². The Bertz CT molecular complexity index is 1180. The number of benzene rings is 3. The molecule has 6 nitrogen and oxygen atoms in total. The molecule has 3 aromatic rings. The molecule has 0 heterocycles. The van der Waals surface area contributed by atoms with Crippen LogP contribution in [0.1, 0.15) is 23.6 Å². The van der Waals surface area contributed by atoms with E-state index in [0.717, 1.165) is 6.42 Å². The van der Waals surface area contributed by atoms with Gasteiger partial charge in [0.2, 0.25) is 0 Å². The molecule has 0 radical (unpaired) electrons. The first kappa shape index (κ1) is 23.4. The van der Waals surface area contributed by atoms with E-state index >= 15 is 0 Å². The Hall–Kier alpha value is -4.24. The maximum Gasteiger partial charge on any atom is 0.349 e. The van der Waals surface area contributed by atoms with E-state index < -0.39 is 5.97 Å². The van der Waals surface area contributed by atoms with Crippen LogP contribution in [0.25, 0.3) is 11.6 Å². The Morgan fingerprint density at radius 1 is 0.939 bits per heavy atom. The van der Waals surface area contributed by atoms with Gasteiger partial charge in [0.1, 0.15) is 11.5 Å². The van der Waals surface area contributed by atoms with Crippen LogP contribution in [0.3, 0.4) is 0 Å². The topological polar surface area (TPSA) is 77.8 Å². The summed E-state index contributed by atoms with van der Waals surface area (Å²) in [7, 11) is 3.04. The highest BCUT2D eigenvalue weighted by Crippen LogP contribution is 2.31. The minimum Gasteiger partial charge on any atom is -0.496 e. The zero-order chi connectivity index (χ0) is 23.6. The molecule has 3 rings (SSSR count). The first-order valence-electron chi connectivity index (χ1n) is 10.4. The lowest BCUT2D eigenvalue weighted by atomic mass is 10.0. The summed E-state index contributed by atoms with van der Waals surface area (Å²) in [5.74, 6) is 1.27. The molecule has 0 saturated carbocycles. The van der Waals surface area contributed by atoms with Gasteiger partial charge < -0.3 is 18.9 Å². The van der Waals surface area contributed by atoms with Crippen molar-refractivity contribution in [2.45, 2.75) is 13.3 Å². The molecule has 0 bridgehead atoms. The van der Waals surface area contributed by atoms with E-state index in [1.807, 2.05) is 42.5 Å². The monoisotopic (exact) mass is 443 g/mol. The summed E-state index contributed by atoms with van der Waals surface area (Å²) in [6.45, 7) is 1.84. The zero-order valence-electron chi connectivity index (χ0n) is 18.8. The summed E-state index contributed by atoms with van der Waals surface area (Å²) >= 11 is 0. The van der Waals surface area contributed by atoms with Crippen molar-refractivity contribution in [3.63, 3.8) is 0 Å². The smallest absolute Gasteiger partial charge is 0.349 e. The van der Waals surface area contributed by atoms with E-state index in [1.165, 1.54) is 12.7 Å². The lowest BCUT2D eigenvalue weighted by Crippen LogP contribution is -2.18. The average Bonchev–Trinajstić information content (AvgIpc) is 2.87. The predicted molar refractivity (Wildman–Crippen MR) is 126 cm³/mol. The number of carbonyl (C=O) groups excluding carboxylic acids is 1. The van der Waals surface area contributed by atoms with Gasteiger partial charge in [-0.15, -0.1) is 0 Å². The molecule has 0 aliphatic heterocycles. The van der Waals surface area contributed by atoms with Gasteiger partial charge in [0.25, 0.3) is 0 Å². The van der Waals surface area contributed by atoms with E-state index in [2.05, 4.69) is 13.0 Å². The standard InChI is InChI=1S/C27H25NO5/c1-4-19-9-12-22(13-10-19)32-18-27(29)33-25-14-11-20(16-26(25)31-3)15-21(17-28)23-7-5-6-8-24(23)30-2/h5-16H,4,18H2,1-3H3/b21-15-. The van der Waals surface area contributed by atoms with Gasteiger partial charge in [-0.3, -0.25) is 0 Å². The number of carbonyl (C=O) groups is 1. The molecule has 168 valence electrons. The van der Waals surface area contributed by atoms with Gasteiger partial charge in [0.05, 0.1) is 25.9 Å². The van der Waals surface area contributed by atoms with Gasteiger partial charge in [0.15, 0.2) is 18.1 Å². The van der Waals surface area contributed by atoms with Crippen molar-refractivity contribution in [3.05, 3.63) is 83.4 Å². The van der Waals surface area contributed by atoms with Crippen molar-refractivity contribution in [3.8, 4) is 29.1 Å². The van der Waals surface area contributed by atoms with Crippen LogP contribution in [-0.2, 0) is 11.2 Å². The van der Waals surface area contributed by atoms with Gasteiger partial charge in [0, 0.05) is 5.56 Å². The molecule has 0 saturated heterocycles. The van der Waals surface area contributed by atoms with Gasteiger partial charge >= 0.3 is 5.97 Å². The van der Waals surface area contributed by atoms with Crippen LogP contribution < -0.4 is 18.9 Å². The summed E-state index contributed by atoms with van der Waals surface area (Å²) in [4.78, 5) is 12.3. The number of hydrogen-bond donors (Lipinski definition) is 0. The highest BCUT2D eigenvalue weighted by molar-refractivity contribution is 5.92. The second kappa shape index (κ2) is 11.4. The molecule has 0 aromatic heterocycles. The molecular weight excluding hydrogens is 418 g/mol. The minimum atomic E-state index is -0.553. The molecule has 0 unspecified atom stereocenters. The fraction of sp³-hybridized carbons (Fsp3) is 0.185. The Morgan fingerprint density at radius 2 is 1.67 bits per heavy atom. The normalized spacial score (nSPS) is 10.8. The zero-order valence-corrected chi connectivity index (χ0v) is 18.8. The Morgan fingerprint density at radius 3 is 2.33 bits per heavy atom. The number of nitrogens with zero attached hydrogens (tertiary/aromatic N) is 1. The number of ether oxygens (including phenoxy) is 4. The molecular formula is C27H25NO5. The van der Waals surface area contributed by atoms with Crippen molar-refractivity contribution in [2.24, 2.45) is 0 Å². The summed E-state index contributed by atoms with van der Waals surface area (Å²) < 4.78 is 21.7. The summed E-state index contributed by atoms with van der Waals surface area (Å²) in [5.41, 5.74) is 3.01. The van der Waals surface area contributed by atoms with Gasteiger partial charge in [-0.2, -0.15) is 5.26 Å². The van der Waals surface area contributed by atoms with E-state index in [0.29, 0.717) is 33.9 Å². The first-order chi connectivity index (χ1) is 16.1. The molecule has 0 atom stereocenters. The van der Waals surface area contributed by atoms with Gasteiger partial charge in [-0.1, -0.05) is 37.3 Å². The highest BCUT2D eigenvalue weighted by atomic mass is 16.6. The molecule has 0 aliphatic carbocycles. The van der Waals surface area contributed by atoms with Crippen molar-refractivity contribution in [1.82, 2.24) is 0 Å². The molecule has 6 heteroatoms. The van der Waals surface area contributed by atoms with Crippen molar-refractivity contribution < 1.29 is 23.7 Å². The summed E-state index contributed by atoms with van der Waals surface area (Å²) in [6.07, 6.45) is 2.65. The molecule has 0 fully saturated rings. The Labute approximate surface area is 193 Å². The number of rotatable bonds is 9.